The molecule has 0 heterocycles. The van der Waals surface area contributed by atoms with Gasteiger partial charge in [0.25, 0.3) is 0 Å². The Hall–Kier alpha value is -0.890. The van der Waals surface area contributed by atoms with E-state index in [0.717, 1.165) is 16.3 Å². The molecule has 1 rings (SSSR count). The monoisotopic (exact) mass is 179 g/mol. The van der Waals surface area contributed by atoms with Gasteiger partial charge in [-0.2, -0.15) is 0 Å². The number of rotatable bonds is 3. The molecular formula is C10H13NS. The number of nitrogen functional groups attached to an aromatic ring is 1. The van der Waals surface area contributed by atoms with Crippen molar-refractivity contribution in [3.63, 3.8) is 0 Å². The van der Waals surface area contributed by atoms with E-state index in [1.54, 1.807) is 11.8 Å². The Bertz CT molecular complexity index is 268. The quantitative estimate of drug-likeness (QED) is 0.438. The van der Waals surface area contributed by atoms with E-state index in [2.05, 4.69) is 6.08 Å². The molecule has 0 atom stereocenters. The Kier molecular flexibility index (Phi) is 3.74. The number of allylic oxidation sites excluding steroid dienone is 1. The van der Waals surface area contributed by atoms with Crippen LogP contribution in [0.25, 0.3) is 0 Å². The van der Waals surface area contributed by atoms with Crippen LogP contribution in [0.15, 0.2) is 41.3 Å². The molecular weight excluding hydrogens is 166 g/mol. The highest BCUT2D eigenvalue weighted by molar-refractivity contribution is 7.99. The smallest absolute Gasteiger partial charge is 0.0452 e. The lowest BCUT2D eigenvalue weighted by Crippen LogP contribution is -1.87. The third-order valence-corrected chi connectivity index (χ3v) is 2.53. The van der Waals surface area contributed by atoms with Crippen molar-refractivity contribution < 1.29 is 0 Å². The van der Waals surface area contributed by atoms with Gasteiger partial charge in [0.15, 0.2) is 0 Å². The largest absolute Gasteiger partial charge is 0.398 e. The van der Waals surface area contributed by atoms with Gasteiger partial charge in [-0.3, -0.25) is 0 Å². The second kappa shape index (κ2) is 4.88. The average Bonchev–Trinajstić information content (AvgIpc) is 2.09. The van der Waals surface area contributed by atoms with Crippen molar-refractivity contribution in [2.24, 2.45) is 0 Å². The van der Waals surface area contributed by atoms with Crippen LogP contribution in [0.4, 0.5) is 5.69 Å². The molecule has 0 aliphatic heterocycles. The third kappa shape index (κ3) is 2.62. The lowest BCUT2D eigenvalue weighted by molar-refractivity contribution is 1.46. The lowest BCUT2D eigenvalue weighted by atomic mass is 10.3. The summed E-state index contributed by atoms with van der Waals surface area (Å²) in [6, 6.07) is 7.94. The van der Waals surface area contributed by atoms with Gasteiger partial charge in [0.05, 0.1) is 0 Å². The van der Waals surface area contributed by atoms with Crippen LogP contribution in [0.5, 0.6) is 0 Å². The molecule has 64 valence electrons. The molecule has 0 aromatic heterocycles. The summed E-state index contributed by atoms with van der Waals surface area (Å²) in [6.45, 7) is 2.02. The highest BCUT2D eigenvalue weighted by Crippen LogP contribution is 2.23. The first-order valence-corrected chi connectivity index (χ1v) is 4.91. The molecule has 0 aliphatic carbocycles. The highest BCUT2D eigenvalue weighted by atomic mass is 32.2. The van der Waals surface area contributed by atoms with E-state index in [-0.39, 0.29) is 0 Å². The highest BCUT2D eigenvalue weighted by Gasteiger charge is 1.94. The number of hydrogen-bond acceptors (Lipinski definition) is 2. The summed E-state index contributed by atoms with van der Waals surface area (Å²) in [5, 5.41) is 0. The first kappa shape index (κ1) is 9.20. The van der Waals surface area contributed by atoms with Gasteiger partial charge in [0.1, 0.15) is 0 Å². The van der Waals surface area contributed by atoms with Crippen molar-refractivity contribution in [1.29, 1.82) is 0 Å². The van der Waals surface area contributed by atoms with Crippen molar-refractivity contribution in [1.82, 2.24) is 0 Å². The SMILES string of the molecule is C/C=C/CSc1ccccc1N. The molecule has 12 heavy (non-hydrogen) atoms. The fourth-order valence-corrected chi connectivity index (χ4v) is 1.72. The molecule has 0 saturated carbocycles. The van der Waals surface area contributed by atoms with Crippen LogP contribution >= 0.6 is 11.8 Å². The fraction of sp³-hybridized carbons (Fsp3) is 0.200. The minimum atomic E-state index is 0.868. The fourth-order valence-electron chi connectivity index (χ4n) is 0.846. The molecule has 0 spiro atoms. The second-order valence-electron chi connectivity index (χ2n) is 2.42. The summed E-state index contributed by atoms with van der Waals surface area (Å²) in [5.41, 5.74) is 6.63. The maximum Gasteiger partial charge on any atom is 0.0452 e. The maximum atomic E-state index is 5.76. The van der Waals surface area contributed by atoms with Crippen molar-refractivity contribution in [2.75, 3.05) is 11.5 Å². The molecule has 1 aromatic carbocycles. The Balaban J connectivity index is 2.57. The van der Waals surface area contributed by atoms with Crippen LogP contribution in [0.3, 0.4) is 0 Å². The molecule has 2 heteroatoms. The van der Waals surface area contributed by atoms with Crippen molar-refractivity contribution in [3.8, 4) is 0 Å². The second-order valence-corrected chi connectivity index (χ2v) is 3.48. The van der Waals surface area contributed by atoms with Crippen LogP contribution in [-0.2, 0) is 0 Å². The summed E-state index contributed by atoms with van der Waals surface area (Å²) in [4.78, 5) is 1.16. The van der Waals surface area contributed by atoms with E-state index in [1.165, 1.54) is 0 Å². The summed E-state index contributed by atoms with van der Waals surface area (Å²) < 4.78 is 0. The molecule has 0 bridgehead atoms. The normalized spacial score (nSPS) is 10.8. The predicted octanol–water partition coefficient (Wildman–Crippen LogP) is 2.94. The van der Waals surface area contributed by atoms with Crippen LogP contribution in [0.1, 0.15) is 6.92 Å². The summed E-state index contributed by atoms with van der Waals surface area (Å²) in [6.07, 6.45) is 4.17. The molecule has 0 saturated heterocycles. The molecule has 0 fully saturated rings. The molecule has 1 nitrogen and oxygen atoms in total. The van der Waals surface area contributed by atoms with Gasteiger partial charge < -0.3 is 5.73 Å². The van der Waals surface area contributed by atoms with Gasteiger partial charge in [0, 0.05) is 16.3 Å². The van der Waals surface area contributed by atoms with Gasteiger partial charge in [-0.05, 0) is 19.1 Å². The maximum absolute atomic E-state index is 5.76. The van der Waals surface area contributed by atoms with Crippen LogP contribution in [0, 0.1) is 0 Å². The first-order chi connectivity index (χ1) is 5.84. The van der Waals surface area contributed by atoms with E-state index in [1.807, 2.05) is 37.3 Å². The number of hydrogen-bond donors (Lipinski definition) is 1. The number of thioether (sulfide) groups is 1. The average molecular weight is 179 g/mol. The number of benzene rings is 1. The minimum absolute atomic E-state index is 0.868. The zero-order valence-electron chi connectivity index (χ0n) is 7.16. The van der Waals surface area contributed by atoms with Crippen LogP contribution in [0.2, 0.25) is 0 Å². The van der Waals surface area contributed by atoms with Crippen LogP contribution < -0.4 is 5.73 Å². The predicted molar refractivity (Wildman–Crippen MR) is 56.4 cm³/mol. The van der Waals surface area contributed by atoms with Gasteiger partial charge in [0.2, 0.25) is 0 Å². The Morgan fingerprint density at radius 1 is 1.42 bits per heavy atom. The zero-order chi connectivity index (χ0) is 8.81. The van der Waals surface area contributed by atoms with Gasteiger partial charge in [-0.15, -0.1) is 11.8 Å². The summed E-state index contributed by atoms with van der Waals surface area (Å²) in [7, 11) is 0. The van der Waals surface area contributed by atoms with Crippen molar-refractivity contribution in [3.05, 3.63) is 36.4 Å². The molecule has 0 radical (unpaired) electrons. The molecule has 0 aliphatic rings. The van der Waals surface area contributed by atoms with Crippen molar-refractivity contribution in [2.45, 2.75) is 11.8 Å². The van der Waals surface area contributed by atoms with E-state index < -0.39 is 0 Å². The standard InChI is InChI=1S/C10H13NS/c1-2-3-8-12-10-7-5-4-6-9(10)11/h2-7H,8,11H2,1H3/b3-2+. The van der Waals surface area contributed by atoms with Gasteiger partial charge in [-0.1, -0.05) is 24.3 Å². The minimum Gasteiger partial charge on any atom is -0.398 e. The molecule has 0 unspecified atom stereocenters. The number of nitrogens with two attached hydrogens (primary N) is 1. The third-order valence-electron chi connectivity index (χ3n) is 1.49. The summed E-state index contributed by atoms with van der Waals surface area (Å²) >= 11 is 1.76. The van der Waals surface area contributed by atoms with E-state index in [0.29, 0.717) is 0 Å². The number of anilines is 1. The molecule has 1 aromatic rings. The van der Waals surface area contributed by atoms with E-state index in [4.69, 9.17) is 5.73 Å². The zero-order valence-corrected chi connectivity index (χ0v) is 7.97. The summed E-state index contributed by atoms with van der Waals surface area (Å²) in [5.74, 6) is 0.991. The van der Waals surface area contributed by atoms with E-state index in [9.17, 15) is 0 Å². The topological polar surface area (TPSA) is 26.0 Å². The Morgan fingerprint density at radius 2 is 2.17 bits per heavy atom. The number of para-hydroxylation sites is 1. The molecule has 2 N–H and O–H groups in total. The Morgan fingerprint density at radius 3 is 2.83 bits per heavy atom. The molecule has 0 amide bonds. The van der Waals surface area contributed by atoms with E-state index >= 15 is 0 Å². The van der Waals surface area contributed by atoms with Gasteiger partial charge in [-0.25, -0.2) is 0 Å². The van der Waals surface area contributed by atoms with Crippen LogP contribution in [-0.4, -0.2) is 5.75 Å². The van der Waals surface area contributed by atoms with Crippen molar-refractivity contribution >= 4 is 17.4 Å². The van der Waals surface area contributed by atoms with Gasteiger partial charge >= 0.3 is 0 Å². The first-order valence-electron chi connectivity index (χ1n) is 3.93. The lowest BCUT2D eigenvalue weighted by Gasteiger charge is -2.01. The Labute approximate surface area is 77.7 Å².